The third-order valence-electron chi connectivity index (χ3n) is 4.44. The number of aromatic amines is 1. The molecule has 1 fully saturated rings. The van der Waals surface area contributed by atoms with Gasteiger partial charge in [0.2, 0.25) is 5.91 Å². The van der Waals surface area contributed by atoms with E-state index in [4.69, 9.17) is 4.74 Å². The number of carbonyl (C=O) groups is 1. The van der Waals surface area contributed by atoms with Gasteiger partial charge >= 0.3 is 0 Å². The van der Waals surface area contributed by atoms with Crippen molar-refractivity contribution in [1.82, 2.24) is 15.1 Å². The van der Waals surface area contributed by atoms with Crippen molar-refractivity contribution in [2.24, 2.45) is 0 Å². The van der Waals surface area contributed by atoms with Gasteiger partial charge in [0.05, 0.1) is 24.9 Å². The topological polar surface area (TPSA) is 58.2 Å². The minimum absolute atomic E-state index is 0.0363. The Bertz CT molecular complexity index is 647. The first-order chi connectivity index (χ1) is 11.2. The molecule has 1 saturated heterocycles. The lowest BCUT2D eigenvalue weighted by atomic mass is 10.0. The highest BCUT2D eigenvalue weighted by molar-refractivity contribution is 5.77. The number of nitrogens with one attached hydrogen (secondary N) is 1. The molecule has 5 nitrogen and oxygen atoms in total. The van der Waals surface area contributed by atoms with Gasteiger partial charge < -0.3 is 9.64 Å². The summed E-state index contributed by atoms with van der Waals surface area (Å²) in [5, 5.41) is 7.27. The van der Waals surface area contributed by atoms with Gasteiger partial charge in [-0.3, -0.25) is 9.89 Å². The van der Waals surface area contributed by atoms with Gasteiger partial charge in [-0.1, -0.05) is 30.3 Å². The summed E-state index contributed by atoms with van der Waals surface area (Å²) in [5.41, 5.74) is 4.25. The summed E-state index contributed by atoms with van der Waals surface area (Å²) in [6.45, 7) is 5.75. The van der Waals surface area contributed by atoms with Crippen molar-refractivity contribution < 1.29 is 9.53 Å². The Morgan fingerprint density at radius 3 is 2.83 bits per heavy atom. The Balaban J connectivity index is 1.72. The second kappa shape index (κ2) is 6.96. The van der Waals surface area contributed by atoms with E-state index in [2.05, 4.69) is 22.3 Å². The Labute approximate surface area is 136 Å². The molecule has 122 valence electrons. The lowest BCUT2D eigenvalue weighted by Gasteiger charge is -2.36. The summed E-state index contributed by atoms with van der Waals surface area (Å²) in [7, 11) is 0. The first-order valence-corrected chi connectivity index (χ1v) is 8.09. The largest absolute Gasteiger partial charge is 0.377 e. The third-order valence-corrected chi connectivity index (χ3v) is 4.44. The van der Waals surface area contributed by atoms with Gasteiger partial charge in [-0.25, -0.2) is 0 Å². The second-order valence-electron chi connectivity index (χ2n) is 6.01. The Kier molecular flexibility index (Phi) is 4.76. The molecule has 5 heteroatoms. The van der Waals surface area contributed by atoms with Crippen molar-refractivity contribution >= 4 is 5.91 Å². The smallest absolute Gasteiger partial charge is 0.223 e. The van der Waals surface area contributed by atoms with E-state index >= 15 is 0 Å². The van der Waals surface area contributed by atoms with Crippen molar-refractivity contribution in [2.45, 2.75) is 32.7 Å². The SMILES string of the molecule is Cc1n[nH]c(C)c1[C@@H]1COCCN1C(=O)CCc1ccccc1. The lowest BCUT2D eigenvalue weighted by molar-refractivity contribution is -0.140. The predicted octanol–water partition coefficient (Wildman–Crippen LogP) is 2.56. The van der Waals surface area contributed by atoms with Crippen molar-refractivity contribution in [1.29, 1.82) is 0 Å². The summed E-state index contributed by atoms with van der Waals surface area (Å²) in [5.74, 6) is 0.183. The molecule has 0 radical (unpaired) electrons. The Morgan fingerprint density at radius 1 is 1.35 bits per heavy atom. The van der Waals surface area contributed by atoms with Crippen molar-refractivity contribution in [3.63, 3.8) is 0 Å². The van der Waals surface area contributed by atoms with Crippen molar-refractivity contribution in [3.8, 4) is 0 Å². The van der Waals surface area contributed by atoms with Gasteiger partial charge in [0.1, 0.15) is 0 Å². The lowest BCUT2D eigenvalue weighted by Crippen LogP contribution is -2.43. The summed E-state index contributed by atoms with van der Waals surface area (Å²) >= 11 is 0. The Morgan fingerprint density at radius 2 is 2.13 bits per heavy atom. The number of ether oxygens (including phenoxy) is 1. The average molecular weight is 313 g/mol. The fraction of sp³-hybridized carbons (Fsp3) is 0.444. The normalized spacial score (nSPS) is 18.2. The molecule has 3 rings (SSSR count). The van der Waals surface area contributed by atoms with Crippen LogP contribution in [0, 0.1) is 13.8 Å². The van der Waals surface area contributed by atoms with Crippen LogP contribution in [-0.4, -0.2) is 40.8 Å². The molecule has 0 bridgehead atoms. The fourth-order valence-corrected chi connectivity index (χ4v) is 3.23. The highest BCUT2D eigenvalue weighted by Crippen LogP contribution is 2.29. The molecule has 1 aliphatic heterocycles. The van der Waals surface area contributed by atoms with Crippen molar-refractivity contribution in [2.75, 3.05) is 19.8 Å². The molecule has 1 amide bonds. The van der Waals surface area contributed by atoms with Crippen LogP contribution in [0.4, 0.5) is 0 Å². The number of aryl methyl sites for hydroxylation is 3. The maximum absolute atomic E-state index is 12.7. The Hall–Kier alpha value is -2.14. The molecule has 1 aliphatic rings. The first kappa shape index (κ1) is 15.7. The molecule has 0 aliphatic carbocycles. The van der Waals surface area contributed by atoms with Gasteiger partial charge in [-0.2, -0.15) is 5.10 Å². The van der Waals surface area contributed by atoms with Crippen LogP contribution in [0.2, 0.25) is 0 Å². The molecule has 2 aromatic rings. The van der Waals surface area contributed by atoms with Crippen LogP contribution in [-0.2, 0) is 16.0 Å². The third kappa shape index (κ3) is 3.45. The maximum atomic E-state index is 12.7. The van der Waals surface area contributed by atoms with E-state index in [1.807, 2.05) is 36.9 Å². The van der Waals surface area contributed by atoms with E-state index in [0.717, 1.165) is 23.4 Å². The molecule has 0 spiro atoms. The number of benzene rings is 1. The maximum Gasteiger partial charge on any atom is 0.223 e. The van der Waals surface area contributed by atoms with Gasteiger partial charge in [0, 0.05) is 24.2 Å². The number of amides is 1. The number of hydrogen-bond donors (Lipinski definition) is 1. The first-order valence-electron chi connectivity index (χ1n) is 8.09. The standard InChI is InChI=1S/C18H23N3O2/c1-13-18(14(2)20-19-13)16-12-23-11-10-21(16)17(22)9-8-15-6-4-3-5-7-15/h3-7,16H,8-12H2,1-2H3,(H,19,20)/t16-/m0/s1. The van der Waals surface area contributed by atoms with Crippen LogP contribution in [0.15, 0.2) is 30.3 Å². The summed E-state index contributed by atoms with van der Waals surface area (Å²) in [6, 6.07) is 10.1. The fourth-order valence-electron chi connectivity index (χ4n) is 3.23. The zero-order chi connectivity index (χ0) is 16.2. The second-order valence-corrected chi connectivity index (χ2v) is 6.01. The van der Waals surface area contributed by atoms with Crippen molar-refractivity contribution in [3.05, 3.63) is 52.8 Å². The zero-order valence-corrected chi connectivity index (χ0v) is 13.7. The molecular formula is C18H23N3O2. The number of morpholine rings is 1. The molecule has 0 unspecified atom stereocenters. The van der Waals surface area contributed by atoms with Crippen LogP contribution in [0.1, 0.15) is 35.0 Å². The molecule has 23 heavy (non-hydrogen) atoms. The van der Waals surface area contributed by atoms with Crippen LogP contribution in [0.25, 0.3) is 0 Å². The average Bonchev–Trinajstić information content (AvgIpc) is 2.92. The summed E-state index contributed by atoms with van der Waals surface area (Å²) < 4.78 is 5.62. The number of H-pyrrole nitrogens is 1. The molecule has 1 aromatic heterocycles. The van der Waals surface area contributed by atoms with E-state index in [0.29, 0.717) is 26.2 Å². The molecule has 2 heterocycles. The van der Waals surface area contributed by atoms with E-state index in [-0.39, 0.29) is 11.9 Å². The van der Waals surface area contributed by atoms with Crippen LogP contribution >= 0.6 is 0 Å². The molecular weight excluding hydrogens is 290 g/mol. The zero-order valence-electron chi connectivity index (χ0n) is 13.7. The number of hydrogen-bond acceptors (Lipinski definition) is 3. The van der Waals surface area contributed by atoms with E-state index in [9.17, 15) is 4.79 Å². The van der Waals surface area contributed by atoms with Crippen LogP contribution in [0.3, 0.4) is 0 Å². The number of rotatable bonds is 4. The highest BCUT2D eigenvalue weighted by Gasteiger charge is 2.31. The summed E-state index contributed by atoms with van der Waals surface area (Å²) in [6.07, 6.45) is 1.30. The van der Waals surface area contributed by atoms with Gasteiger partial charge in [0.15, 0.2) is 0 Å². The number of carbonyl (C=O) groups excluding carboxylic acids is 1. The molecule has 0 saturated carbocycles. The van der Waals surface area contributed by atoms with E-state index < -0.39 is 0 Å². The van der Waals surface area contributed by atoms with Gasteiger partial charge in [-0.05, 0) is 25.8 Å². The van der Waals surface area contributed by atoms with Gasteiger partial charge in [0.25, 0.3) is 0 Å². The quantitative estimate of drug-likeness (QED) is 0.944. The molecule has 1 N–H and O–H groups in total. The van der Waals surface area contributed by atoms with Crippen LogP contribution < -0.4 is 0 Å². The van der Waals surface area contributed by atoms with E-state index in [1.54, 1.807) is 0 Å². The number of nitrogens with zero attached hydrogens (tertiary/aromatic N) is 2. The monoisotopic (exact) mass is 313 g/mol. The summed E-state index contributed by atoms with van der Waals surface area (Å²) in [4.78, 5) is 14.7. The van der Waals surface area contributed by atoms with Gasteiger partial charge in [-0.15, -0.1) is 0 Å². The predicted molar refractivity (Wildman–Crippen MR) is 88.1 cm³/mol. The minimum atomic E-state index is -0.0363. The van der Waals surface area contributed by atoms with Crippen LogP contribution in [0.5, 0.6) is 0 Å². The van der Waals surface area contributed by atoms with E-state index in [1.165, 1.54) is 5.56 Å². The minimum Gasteiger partial charge on any atom is -0.377 e. The number of aromatic nitrogens is 2. The highest BCUT2D eigenvalue weighted by atomic mass is 16.5. The molecule has 1 atom stereocenters. The molecule has 1 aromatic carbocycles.